The molecule has 24 heavy (non-hydrogen) atoms. The van der Waals surface area contributed by atoms with Gasteiger partial charge in [-0.05, 0) is 62.6 Å². The average Bonchev–Trinajstić information content (AvgIpc) is 3.48. The Kier molecular flexibility index (Phi) is 4.88. The molecular weight excluding hydrogens is 304 g/mol. The predicted molar refractivity (Wildman–Crippen MR) is 93.5 cm³/mol. The fourth-order valence-electron chi connectivity index (χ4n) is 3.57. The van der Waals surface area contributed by atoms with Crippen molar-refractivity contribution in [2.75, 3.05) is 21.3 Å². The highest BCUT2D eigenvalue weighted by molar-refractivity contribution is 5.75. The Bertz CT molecular complexity index is 584. The molecule has 5 nitrogen and oxygen atoms in total. The molecule has 0 aromatic heterocycles. The van der Waals surface area contributed by atoms with E-state index in [2.05, 4.69) is 5.32 Å². The Labute approximate surface area is 144 Å². The van der Waals surface area contributed by atoms with Crippen molar-refractivity contribution in [3.8, 4) is 11.5 Å². The normalized spacial score (nSPS) is 18.2. The number of urea groups is 1. The first-order valence-electron chi connectivity index (χ1n) is 8.80. The molecule has 0 spiro atoms. The average molecular weight is 332 g/mol. The van der Waals surface area contributed by atoms with Gasteiger partial charge in [-0.2, -0.15) is 0 Å². The molecule has 3 rings (SSSR count). The van der Waals surface area contributed by atoms with Gasteiger partial charge in [0.1, 0.15) is 11.5 Å². The van der Waals surface area contributed by atoms with Gasteiger partial charge >= 0.3 is 6.03 Å². The summed E-state index contributed by atoms with van der Waals surface area (Å²) < 4.78 is 10.7. The van der Waals surface area contributed by atoms with E-state index in [4.69, 9.17) is 9.47 Å². The van der Waals surface area contributed by atoms with Gasteiger partial charge in [-0.25, -0.2) is 4.79 Å². The quantitative estimate of drug-likeness (QED) is 0.830. The number of nitrogens with one attached hydrogen (secondary N) is 1. The molecule has 0 heterocycles. The van der Waals surface area contributed by atoms with E-state index in [1.807, 2.05) is 37.1 Å². The van der Waals surface area contributed by atoms with E-state index >= 15 is 0 Å². The lowest BCUT2D eigenvalue weighted by atomic mass is 10.1. The summed E-state index contributed by atoms with van der Waals surface area (Å²) in [6.07, 6.45) is 5.05. The molecule has 0 saturated heterocycles. The molecule has 1 unspecified atom stereocenters. The number of rotatable bonds is 7. The molecule has 5 heteroatoms. The fourth-order valence-corrected chi connectivity index (χ4v) is 3.57. The molecule has 1 aromatic carbocycles. The fraction of sp³-hybridized carbons (Fsp3) is 0.632. The summed E-state index contributed by atoms with van der Waals surface area (Å²) in [5.41, 5.74) is 0.924. The van der Waals surface area contributed by atoms with Crippen LogP contribution in [0.5, 0.6) is 11.5 Å². The molecule has 2 saturated carbocycles. The van der Waals surface area contributed by atoms with Gasteiger partial charge in [0, 0.05) is 18.7 Å². The first-order valence-corrected chi connectivity index (χ1v) is 8.80. The summed E-state index contributed by atoms with van der Waals surface area (Å²) in [7, 11) is 5.22. The third kappa shape index (κ3) is 3.60. The van der Waals surface area contributed by atoms with Gasteiger partial charge in [0.15, 0.2) is 0 Å². The number of benzene rings is 1. The third-order valence-corrected chi connectivity index (χ3v) is 5.22. The molecule has 0 aliphatic heterocycles. The topological polar surface area (TPSA) is 50.8 Å². The van der Waals surface area contributed by atoms with Crippen LogP contribution in [0, 0.1) is 11.8 Å². The summed E-state index contributed by atoms with van der Waals surface area (Å²) in [5.74, 6) is 2.92. The number of carbonyl (C=O) groups is 1. The van der Waals surface area contributed by atoms with Crippen LogP contribution in [-0.4, -0.2) is 38.2 Å². The molecule has 2 amide bonds. The molecule has 1 N–H and O–H groups in total. The number of carbonyl (C=O) groups excluding carboxylic acids is 1. The molecule has 1 aromatic rings. The number of ether oxygens (including phenoxy) is 2. The largest absolute Gasteiger partial charge is 0.497 e. The monoisotopic (exact) mass is 332 g/mol. The Balaban J connectivity index is 1.69. The van der Waals surface area contributed by atoms with Crippen LogP contribution in [0.25, 0.3) is 0 Å². The summed E-state index contributed by atoms with van der Waals surface area (Å²) in [6.45, 7) is 1.98. The second kappa shape index (κ2) is 6.91. The van der Waals surface area contributed by atoms with Crippen molar-refractivity contribution in [2.45, 2.75) is 44.7 Å². The third-order valence-electron chi connectivity index (χ3n) is 5.22. The zero-order valence-electron chi connectivity index (χ0n) is 15.0. The van der Waals surface area contributed by atoms with Crippen LogP contribution in [0.3, 0.4) is 0 Å². The van der Waals surface area contributed by atoms with E-state index in [0.29, 0.717) is 17.9 Å². The number of hydrogen-bond donors (Lipinski definition) is 1. The Hall–Kier alpha value is -1.91. The van der Waals surface area contributed by atoms with Crippen molar-refractivity contribution in [3.05, 3.63) is 23.8 Å². The van der Waals surface area contributed by atoms with E-state index in [1.54, 1.807) is 14.2 Å². The summed E-state index contributed by atoms with van der Waals surface area (Å²) in [5, 5.41) is 3.12. The van der Waals surface area contributed by atoms with Crippen LogP contribution in [0.4, 0.5) is 4.79 Å². The van der Waals surface area contributed by atoms with Crippen molar-refractivity contribution in [2.24, 2.45) is 11.8 Å². The van der Waals surface area contributed by atoms with Gasteiger partial charge in [-0.3, -0.25) is 0 Å². The Morgan fingerprint density at radius 3 is 2.29 bits per heavy atom. The van der Waals surface area contributed by atoms with Crippen LogP contribution < -0.4 is 14.8 Å². The SMILES string of the molecule is COc1ccc(OC)c(C(C)NC(=O)N(C)C(C2CC2)C2CC2)c1. The molecule has 2 fully saturated rings. The van der Waals surface area contributed by atoms with Crippen molar-refractivity contribution < 1.29 is 14.3 Å². The first-order chi connectivity index (χ1) is 11.5. The van der Waals surface area contributed by atoms with Crippen LogP contribution in [0.1, 0.15) is 44.2 Å². The molecule has 2 aliphatic carbocycles. The van der Waals surface area contributed by atoms with Crippen molar-refractivity contribution in [1.29, 1.82) is 0 Å². The molecule has 2 aliphatic rings. The number of nitrogens with zero attached hydrogens (tertiary/aromatic N) is 1. The predicted octanol–water partition coefficient (Wildman–Crippen LogP) is 3.59. The van der Waals surface area contributed by atoms with E-state index in [1.165, 1.54) is 25.7 Å². The number of hydrogen-bond acceptors (Lipinski definition) is 3. The van der Waals surface area contributed by atoms with Crippen molar-refractivity contribution >= 4 is 6.03 Å². The molecule has 1 atom stereocenters. The van der Waals surface area contributed by atoms with Crippen LogP contribution in [-0.2, 0) is 0 Å². The van der Waals surface area contributed by atoms with Crippen LogP contribution in [0.2, 0.25) is 0 Å². The summed E-state index contributed by atoms with van der Waals surface area (Å²) in [6, 6.07) is 5.91. The van der Waals surface area contributed by atoms with Crippen LogP contribution >= 0.6 is 0 Å². The van der Waals surface area contributed by atoms with Gasteiger partial charge in [0.25, 0.3) is 0 Å². The smallest absolute Gasteiger partial charge is 0.317 e. The Morgan fingerprint density at radius 2 is 1.79 bits per heavy atom. The van der Waals surface area contributed by atoms with Crippen molar-refractivity contribution in [3.63, 3.8) is 0 Å². The maximum atomic E-state index is 12.7. The number of amides is 2. The lowest BCUT2D eigenvalue weighted by Crippen LogP contribution is -2.46. The highest BCUT2D eigenvalue weighted by Crippen LogP contribution is 2.46. The van der Waals surface area contributed by atoms with E-state index in [9.17, 15) is 4.79 Å². The minimum atomic E-state index is -0.149. The second-order valence-electron chi connectivity index (χ2n) is 7.06. The second-order valence-corrected chi connectivity index (χ2v) is 7.06. The Morgan fingerprint density at radius 1 is 1.17 bits per heavy atom. The molecule has 0 bridgehead atoms. The van der Waals surface area contributed by atoms with Gasteiger partial charge in [0.2, 0.25) is 0 Å². The van der Waals surface area contributed by atoms with Gasteiger partial charge < -0.3 is 19.7 Å². The van der Waals surface area contributed by atoms with E-state index < -0.39 is 0 Å². The summed E-state index contributed by atoms with van der Waals surface area (Å²) in [4.78, 5) is 14.7. The zero-order valence-corrected chi connectivity index (χ0v) is 15.0. The lowest BCUT2D eigenvalue weighted by Gasteiger charge is -2.30. The minimum Gasteiger partial charge on any atom is -0.497 e. The lowest BCUT2D eigenvalue weighted by molar-refractivity contribution is 0.171. The van der Waals surface area contributed by atoms with E-state index in [0.717, 1.165) is 17.1 Å². The van der Waals surface area contributed by atoms with Crippen molar-refractivity contribution in [1.82, 2.24) is 10.2 Å². The molecule has 0 radical (unpaired) electrons. The van der Waals surface area contributed by atoms with Gasteiger partial charge in [0.05, 0.1) is 20.3 Å². The van der Waals surface area contributed by atoms with Gasteiger partial charge in [-0.1, -0.05) is 0 Å². The van der Waals surface area contributed by atoms with Crippen LogP contribution in [0.15, 0.2) is 18.2 Å². The highest BCUT2D eigenvalue weighted by atomic mass is 16.5. The summed E-state index contributed by atoms with van der Waals surface area (Å²) >= 11 is 0. The maximum Gasteiger partial charge on any atom is 0.317 e. The van der Waals surface area contributed by atoms with E-state index in [-0.39, 0.29) is 12.1 Å². The zero-order chi connectivity index (χ0) is 17.3. The first kappa shape index (κ1) is 16.9. The highest BCUT2D eigenvalue weighted by Gasteiger charge is 2.45. The minimum absolute atomic E-state index is 0.00354. The maximum absolute atomic E-state index is 12.7. The molecule has 132 valence electrons. The van der Waals surface area contributed by atoms with Gasteiger partial charge in [-0.15, -0.1) is 0 Å². The number of methoxy groups -OCH3 is 2. The standard InChI is InChI=1S/C19H28N2O3/c1-12(16-11-15(23-3)9-10-17(16)24-4)20-19(22)21(2)18(13-5-6-13)14-7-8-14/h9-14,18H,5-8H2,1-4H3,(H,20,22). The molecular formula is C19H28N2O3.